The summed E-state index contributed by atoms with van der Waals surface area (Å²) < 4.78 is 17.0. The summed E-state index contributed by atoms with van der Waals surface area (Å²) in [6, 6.07) is 14.7. The third-order valence-corrected chi connectivity index (χ3v) is 5.37. The molecule has 0 N–H and O–H groups in total. The van der Waals surface area contributed by atoms with Crippen LogP contribution < -0.4 is 9.47 Å². The molecule has 158 valence electrons. The molecule has 2 aliphatic heterocycles. The highest BCUT2D eigenvalue weighted by atomic mass is 16.6. The van der Waals surface area contributed by atoms with Crippen LogP contribution in [0.1, 0.15) is 5.89 Å². The van der Waals surface area contributed by atoms with Crippen LogP contribution in [-0.4, -0.2) is 65.5 Å². The molecule has 2 aromatic carbocycles. The van der Waals surface area contributed by atoms with E-state index in [4.69, 9.17) is 13.9 Å². The van der Waals surface area contributed by atoms with Crippen LogP contribution in [0.25, 0.3) is 17.2 Å². The number of hydrogen-bond donors (Lipinski definition) is 0. The normalized spacial score (nSPS) is 18.5. The number of fused-ring (bicyclic) bond motifs is 2. The van der Waals surface area contributed by atoms with Crippen LogP contribution >= 0.6 is 0 Å². The molecule has 8 nitrogen and oxygen atoms in total. The lowest BCUT2D eigenvalue weighted by Crippen LogP contribution is -2.54. The maximum Gasteiger partial charge on any atom is 0.267 e. The molecule has 1 unspecified atom stereocenters. The topological polar surface area (TPSA) is 85.1 Å². The molecule has 0 saturated carbocycles. The minimum absolute atomic E-state index is 0.122. The van der Waals surface area contributed by atoms with Crippen LogP contribution in [-0.2, 0) is 9.59 Å². The Bertz CT molecular complexity index is 1110. The quantitative estimate of drug-likeness (QED) is 0.606. The van der Waals surface area contributed by atoms with Crippen LogP contribution in [0.2, 0.25) is 0 Å². The summed E-state index contributed by atoms with van der Waals surface area (Å²) in [6.07, 6.45) is 2.36. The molecule has 0 spiro atoms. The third-order valence-electron chi connectivity index (χ3n) is 5.37. The van der Waals surface area contributed by atoms with E-state index in [1.165, 1.54) is 6.08 Å². The molecule has 2 amide bonds. The fourth-order valence-electron chi connectivity index (χ4n) is 3.70. The van der Waals surface area contributed by atoms with Crippen molar-refractivity contribution in [1.29, 1.82) is 0 Å². The van der Waals surface area contributed by atoms with Crippen molar-refractivity contribution in [2.24, 2.45) is 0 Å². The monoisotopic (exact) mass is 419 g/mol. The fraction of sp³-hybridized carbons (Fsp3) is 0.261. The molecule has 1 saturated heterocycles. The van der Waals surface area contributed by atoms with Crippen molar-refractivity contribution >= 4 is 29.0 Å². The largest absolute Gasteiger partial charge is 0.485 e. The zero-order valence-electron chi connectivity index (χ0n) is 16.8. The van der Waals surface area contributed by atoms with Gasteiger partial charge in [-0.15, -0.1) is 0 Å². The fourth-order valence-corrected chi connectivity index (χ4v) is 3.70. The number of nitrogens with zero attached hydrogens (tertiary/aromatic N) is 3. The number of hydrogen-bond acceptors (Lipinski definition) is 6. The lowest BCUT2D eigenvalue weighted by atomic mass is 10.2. The summed E-state index contributed by atoms with van der Waals surface area (Å²) in [5.41, 5.74) is 1.43. The molecule has 0 aliphatic carbocycles. The highest BCUT2D eigenvalue weighted by Crippen LogP contribution is 2.31. The number of ether oxygens (including phenoxy) is 2. The summed E-state index contributed by atoms with van der Waals surface area (Å²) in [6.45, 7) is 1.98. The Balaban J connectivity index is 1.15. The van der Waals surface area contributed by atoms with Gasteiger partial charge in [0.05, 0.1) is 0 Å². The van der Waals surface area contributed by atoms with Gasteiger partial charge in [0.1, 0.15) is 12.1 Å². The van der Waals surface area contributed by atoms with E-state index in [1.807, 2.05) is 42.5 Å². The Morgan fingerprint density at radius 1 is 0.935 bits per heavy atom. The van der Waals surface area contributed by atoms with E-state index in [1.54, 1.807) is 21.9 Å². The van der Waals surface area contributed by atoms with Crippen molar-refractivity contribution in [2.45, 2.75) is 6.10 Å². The van der Waals surface area contributed by atoms with Crippen molar-refractivity contribution in [3.63, 3.8) is 0 Å². The first kappa shape index (κ1) is 19.2. The molecule has 8 heteroatoms. The minimum atomic E-state index is -0.670. The molecule has 3 aromatic rings. The number of amides is 2. The third kappa shape index (κ3) is 3.96. The second-order valence-corrected chi connectivity index (χ2v) is 7.37. The Hall–Kier alpha value is -3.81. The van der Waals surface area contributed by atoms with Gasteiger partial charge in [0.2, 0.25) is 17.9 Å². The smallest absolute Gasteiger partial charge is 0.267 e. The van der Waals surface area contributed by atoms with Crippen LogP contribution in [0, 0.1) is 0 Å². The van der Waals surface area contributed by atoms with E-state index >= 15 is 0 Å². The Morgan fingerprint density at radius 2 is 1.65 bits per heavy atom. The summed E-state index contributed by atoms with van der Waals surface area (Å²) in [5.74, 6) is 1.35. The number of carbonyl (C=O) groups is 2. The van der Waals surface area contributed by atoms with Crippen molar-refractivity contribution in [3.8, 4) is 11.5 Å². The van der Waals surface area contributed by atoms with E-state index in [0.29, 0.717) is 49.2 Å². The molecule has 1 fully saturated rings. The van der Waals surface area contributed by atoms with Crippen molar-refractivity contribution < 1.29 is 23.5 Å². The zero-order valence-corrected chi connectivity index (χ0v) is 16.8. The van der Waals surface area contributed by atoms with Crippen LogP contribution in [0.3, 0.4) is 0 Å². The molecule has 0 bridgehead atoms. The molecular weight excluding hydrogens is 398 g/mol. The molecular formula is C23H21N3O5. The Labute approximate surface area is 178 Å². The van der Waals surface area contributed by atoms with Crippen LogP contribution in [0.15, 0.2) is 59.0 Å². The van der Waals surface area contributed by atoms with Crippen molar-refractivity contribution in [1.82, 2.24) is 14.8 Å². The molecule has 1 atom stereocenters. The second-order valence-electron chi connectivity index (χ2n) is 7.37. The number of rotatable bonds is 3. The molecule has 3 heterocycles. The van der Waals surface area contributed by atoms with Gasteiger partial charge in [-0.3, -0.25) is 9.59 Å². The minimum Gasteiger partial charge on any atom is -0.485 e. The Kier molecular flexibility index (Phi) is 5.03. The number of benzene rings is 2. The van der Waals surface area contributed by atoms with Gasteiger partial charge in [0.15, 0.2) is 17.1 Å². The Morgan fingerprint density at radius 3 is 2.45 bits per heavy atom. The first-order valence-corrected chi connectivity index (χ1v) is 10.2. The summed E-state index contributed by atoms with van der Waals surface area (Å²) >= 11 is 0. The average molecular weight is 419 g/mol. The predicted octanol–water partition coefficient (Wildman–Crippen LogP) is 2.35. The van der Waals surface area contributed by atoms with Gasteiger partial charge in [-0.25, -0.2) is 4.98 Å². The average Bonchev–Trinajstić information content (AvgIpc) is 3.25. The standard InChI is InChI=1S/C23H21N3O5/c27-22(10-9-21-24-16-5-1-2-6-17(16)31-21)25-11-13-26(14-12-25)23(28)20-15-29-18-7-3-4-8-19(18)30-20/h1-10,20H,11-15H2. The van der Waals surface area contributed by atoms with Gasteiger partial charge in [0.25, 0.3) is 5.91 Å². The first-order valence-electron chi connectivity index (χ1n) is 10.2. The SMILES string of the molecule is O=C(C=Cc1nc2ccccc2o1)N1CCN(C(=O)C2COc3ccccc3O2)CC1. The molecule has 2 aliphatic rings. The van der Waals surface area contributed by atoms with Gasteiger partial charge in [-0.05, 0) is 24.3 Å². The number of piperazine rings is 1. The van der Waals surface area contributed by atoms with Gasteiger partial charge in [0, 0.05) is 38.3 Å². The molecule has 5 rings (SSSR count). The van der Waals surface area contributed by atoms with Gasteiger partial charge in [-0.2, -0.15) is 0 Å². The number of carbonyl (C=O) groups excluding carboxylic acids is 2. The van der Waals surface area contributed by atoms with Crippen LogP contribution in [0.4, 0.5) is 0 Å². The van der Waals surface area contributed by atoms with E-state index in [2.05, 4.69) is 4.98 Å². The van der Waals surface area contributed by atoms with Gasteiger partial charge < -0.3 is 23.7 Å². The van der Waals surface area contributed by atoms with E-state index < -0.39 is 6.10 Å². The zero-order chi connectivity index (χ0) is 21.2. The highest BCUT2D eigenvalue weighted by molar-refractivity contribution is 5.92. The van der Waals surface area contributed by atoms with Crippen molar-refractivity contribution in [3.05, 3.63) is 60.5 Å². The number of para-hydroxylation sites is 4. The van der Waals surface area contributed by atoms with Gasteiger partial charge in [-0.1, -0.05) is 24.3 Å². The molecule has 0 radical (unpaired) electrons. The lowest BCUT2D eigenvalue weighted by Gasteiger charge is -2.36. The maximum absolute atomic E-state index is 12.8. The number of oxazole rings is 1. The van der Waals surface area contributed by atoms with Crippen molar-refractivity contribution in [2.75, 3.05) is 32.8 Å². The maximum atomic E-state index is 12.8. The lowest BCUT2D eigenvalue weighted by molar-refractivity contribution is -0.145. The van der Waals surface area contributed by atoms with Crippen LogP contribution in [0.5, 0.6) is 11.5 Å². The first-order chi connectivity index (χ1) is 15.2. The summed E-state index contributed by atoms with van der Waals surface area (Å²) in [7, 11) is 0. The molecule has 31 heavy (non-hydrogen) atoms. The van der Waals surface area contributed by atoms with E-state index in [-0.39, 0.29) is 18.4 Å². The van der Waals surface area contributed by atoms with E-state index in [0.717, 1.165) is 5.52 Å². The number of aromatic nitrogens is 1. The molecule has 1 aromatic heterocycles. The van der Waals surface area contributed by atoms with Gasteiger partial charge >= 0.3 is 0 Å². The highest BCUT2D eigenvalue weighted by Gasteiger charge is 2.33. The summed E-state index contributed by atoms with van der Waals surface area (Å²) in [4.78, 5) is 33.1. The van der Waals surface area contributed by atoms with E-state index in [9.17, 15) is 9.59 Å². The summed E-state index contributed by atoms with van der Waals surface area (Å²) in [5, 5.41) is 0. The predicted molar refractivity (Wildman–Crippen MR) is 113 cm³/mol. The second kappa shape index (κ2) is 8.14.